The summed E-state index contributed by atoms with van der Waals surface area (Å²) >= 11 is 7.41. The summed E-state index contributed by atoms with van der Waals surface area (Å²) in [6.07, 6.45) is 1.20. The van der Waals surface area contributed by atoms with Gasteiger partial charge in [0, 0.05) is 16.0 Å². The van der Waals surface area contributed by atoms with Gasteiger partial charge < -0.3 is 0 Å². The number of anilines is 1. The molecule has 86 valence electrons. The molecule has 0 spiro atoms. The number of aromatic nitrogens is 1. The Morgan fingerprint density at radius 1 is 1.47 bits per heavy atom. The standard InChI is InChI=1S/C12H9ClN2OS/c1-2-11(16)15-12-14-10(7-17-12)8-5-3-4-6-9(8)13/h2-7H,1H2,(H,14,15,16). The van der Waals surface area contributed by atoms with Crippen LogP contribution in [-0.2, 0) is 4.79 Å². The molecule has 0 unspecified atom stereocenters. The normalized spacial score (nSPS) is 9.94. The molecule has 3 nitrogen and oxygen atoms in total. The lowest BCUT2D eigenvalue weighted by molar-refractivity contribution is -0.111. The highest BCUT2D eigenvalue weighted by Crippen LogP contribution is 2.30. The second-order valence-electron chi connectivity index (χ2n) is 3.21. The van der Waals surface area contributed by atoms with Crippen LogP contribution in [0, 0.1) is 0 Å². The molecule has 0 aliphatic carbocycles. The Hall–Kier alpha value is -1.65. The second kappa shape index (κ2) is 5.12. The van der Waals surface area contributed by atoms with Crippen molar-refractivity contribution in [1.29, 1.82) is 0 Å². The zero-order valence-corrected chi connectivity index (χ0v) is 10.4. The van der Waals surface area contributed by atoms with Gasteiger partial charge in [0.1, 0.15) is 0 Å². The first-order valence-electron chi connectivity index (χ1n) is 4.84. The molecule has 1 N–H and O–H groups in total. The van der Waals surface area contributed by atoms with E-state index in [0.29, 0.717) is 10.2 Å². The van der Waals surface area contributed by atoms with Gasteiger partial charge in [-0.2, -0.15) is 0 Å². The van der Waals surface area contributed by atoms with E-state index in [0.717, 1.165) is 11.3 Å². The average Bonchev–Trinajstić information content (AvgIpc) is 2.78. The van der Waals surface area contributed by atoms with Crippen molar-refractivity contribution in [1.82, 2.24) is 4.98 Å². The van der Waals surface area contributed by atoms with Gasteiger partial charge in [-0.1, -0.05) is 36.4 Å². The predicted octanol–water partition coefficient (Wildman–Crippen LogP) is 3.59. The minimum Gasteiger partial charge on any atom is -0.298 e. The van der Waals surface area contributed by atoms with Crippen LogP contribution in [0.5, 0.6) is 0 Å². The molecule has 1 aromatic heterocycles. The van der Waals surface area contributed by atoms with Crippen LogP contribution in [-0.4, -0.2) is 10.9 Å². The number of benzene rings is 1. The van der Waals surface area contributed by atoms with Gasteiger partial charge >= 0.3 is 0 Å². The van der Waals surface area contributed by atoms with Crippen molar-refractivity contribution >= 4 is 34.0 Å². The molecule has 1 aromatic carbocycles. The molecule has 0 aliphatic rings. The van der Waals surface area contributed by atoms with Gasteiger partial charge in [0.15, 0.2) is 5.13 Å². The van der Waals surface area contributed by atoms with Gasteiger partial charge in [-0.05, 0) is 12.1 Å². The molecular weight excluding hydrogens is 256 g/mol. The molecule has 0 saturated carbocycles. The van der Waals surface area contributed by atoms with E-state index >= 15 is 0 Å². The zero-order chi connectivity index (χ0) is 12.3. The molecule has 17 heavy (non-hydrogen) atoms. The lowest BCUT2D eigenvalue weighted by Crippen LogP contribution is -2.06. The van der Waals surface area contributed by atoms with E-state index in [4.69, 9.17) is 11.6 Å². The van der Waals surface area contributed by atoms with Crippen molar-refractivity contribution < 1.29 is 4.79 Å². The Balaban J connectivity index is 2.27. The van der Waals surface area contributed by atoms with Crippen LogP contribution in [0.2, 0.25) is 5.02 Å². The van der Waals surface area contributed by atoms with Gasteiger partial charge in [0.05, 0.1) is 5.69 Å². The Morgan fingerprint density at radius 2 is 2.24 bits per heavy atom. The van der Waals surface area contributed by atoms with E-state index in [9.17, 15) is 4.79 Å². The molecule has 0 aliphatic heterocycles. The fraction of sp³-hybridized carbons (Fsp3) is 0. The number of hydrogen-bond acceptors (Lipinski definition) is 3. The number of nitrogens with one attached hydrogen (secondary N) is 1. The third kappa shape index (κ3) is 2.72. The van der Waals surface area contributed by atoms with Crippen LogP contribution in [0.4, 0.5) is 5.13 Å². The summed E-state index contributed by atoms with van der Waals surface area (Å²) in [7, 11) is 0. The first-order valence-corrected chi connectivity index (χ1v) is 6.10. The summed E-state index contributed by atoms with van der Waals surface area (Å²) in [4.78, 5) is 15.4. The Bertz CT molecular complexity index is 565. The molecule has 0 saturated heterocycles. The summed E-state index contributed by atoms with van der Waals surface area (Å²) in [5.41, 5.74) is 1.60. The molecule has 1 heterocycles. The Morgan fingerprint density at radius 3 is 2.94 bits per heavy atom. The quantitative estimate of drug-likeness (QED) is 0.861. The van der Waals surface area contributed by atoms with E-state index in [1.54, 1.807) is 6.07 Å². The molecular formula is C12H9ClN2OS. The number of rotatable bonds is 3. The highest BCUT2D eigenvalue weighted by atomic mass is 35.5. The van der Waals surface area contributed by atoms with E-state index in [2.05, 4.69) is 16.9 Å². The van der Waals surface area contributed by atoms with E-state index in [1.807, 2.05) is 23.6 Å². The van der Waals surface area contributed by atoms with Gasteiger partial charge in [-0.3, -0.25) is 10.1 Å². The van der Waals surface area contributed by atoms with Gasteiger partial charge in [-0.25, -0.2) is 4.98 Å². The first kappa shape index (κ1) is 11.8. The lowest BCUT2D eigenvalue weighted by Gasteiger charge is -1.99. The molecule has 0 bridgehead atoms. The van der Waals surface area contributed by atoms with Crippen molar-refractivity contribution in [2.24, 2.45) is 0 Å². The Kier molecular flexibility index (Phi) is 3.56. The summed E-state index contributed by atoms with van der Waals surface area (Å²) < 4.78 is 0. The van der Waals surface area contributed by atoms with Crippen molar-refractivity contribution in [3.05, 3.63) is 47.3 Å². The third-order valence-corrected chi connectivity index (χ3v) is 3.16. The van der Waals surface area contributed by atoms with Crippen molar-refractivity contribution in [3.8, 4) is 11.3 Å². The van der Waals surface area contributed by atoms with Crippen LogP contribution in [0.15, 0.2) is 42.3 Å². The molecule has 0 atom stereocenters. The predicted molar refractivity (Wildman–Crippen MR) is 71.4 cm³/mol. The van der Waals surface area contributed by atoms with Crippen LogP contribution in [0.3, 0.4) is 0 Å². The maximum Gasteiger partial charge on any atom is 0.249 e. The minimum absolute atomic E-state index is 0.273. The first-order chi connectivity index (χ1) is 8.20. The molecule has 5 heteroatoms. The molecule has 0 radical (unpaired) electrons. The lowest BCUT2D eigenvalue weighted by atomic mass is 10.2. The number of halogens is 1. The summed E-state index contributed by atoms with van der Waals surface area (Å²) in [5, 5.41) is 5.63. The summed E-state index contributed by atoms with van der Waals surface area (Å²) in [6, 6.07) is 7.44. The van der Waals surface area contributed by atoms with Crippen molar-refractivity contribution in [3.63, 3.8) is 0 Å². The van der Waals surface area contributed by atoms with Crippen LogP contribution in [0.1, 0.15) is 0 Å². The molecule has 2 rings (SSSR count). The number of hydrogen-bond donors (Lipinski definition) is 1. The molecule has 0 fully saturated rings. The molecule has 2 aromatic rings. The zero-order valence-electron chi connectivity index (χ0n) is 8.81. The average molecular weight is 265 g/mol. The number of thiazole rings is 1. The van der Waals surface area contributed by atoms with Gasteiger partial charge in [-0.15, -0.1) is 11.3 Å². The van der Waals surface area contributed by atoms with Crippen LogP contribution >= 0.6 is 22.9 Å². The maximum absolute atomic E-state index is 11.1. The Labute approximate surface area is 108 Å². The van der Waals surface area contributed by atoms with Crippen molar-refractivity contribution in [2.45, 2.75) is 0 Å². The number of amides is 1. The fourth-order valence-electron chi connectivity index (χ4n) is 1.28. The van der Waals surface area contributed by atoms with E-state index in [-0.39, 0.29) is 5.91 Å². The van der Waals surface area contributed by atoms with Gasteiger partial charge in [0.2, 0.25) is 5.91 Å². The minimum atomic E-state index is -0.273. The largest absolute Gasteiger partial charge is 0.298 e. The van der Waals surface area contributed by atoms with E-state index < -0.39 is 0 Å². The number of nitrogens with zero attached hydrogens (tertiary/aromatic N) is 1. The van der Waals surface area contributed by atoms with Crippen LogP contribution < -0.4 is 5.32 Å². The molecule has 1 amide bonds. The highest BCUT2D eigenvalue weighted by Gasteiger charge is 2.08. The highest BCUT2D eigenvalue weighted by molar-refractivity contribution is 7.14. The summed E-state index contributed by atoms with van der Waals surface area (Å²) in [5.74, 6) is -0.273. The monoisotopic (exact) mass is 264 g/mol. The van der Waals surface area contributed by atoms with Gasteiger partial charge in [0.25, 0.3) is 0 Å². The SMILES string of the molecule is C=CC(=O)Nc1nc(-c2ccccc2Cl)cs1. The summed E-state index contributed by atoms with van der Waals surface area (Å²) in [6.45, 7) is 3.38. The smallest absolute Gasteiger partial charge is 0.249 e. The fourth-order valence-corrected chi connectivity index (χ4v) is 2.23. The number of carbonyl (C=O) groups is 1. The second-order valence-corrected chi connectivity index (χ2v) is 4.48. The third-order valence-electron chi connectivity index (χ3n) is 2.07. The topological polar surface area (TPSA) is 42.0 Å². The maximum atomic E-state index is 11.1. The van der Waals surface area contributed by atoms with Crippen LogP contribution in [0.25, 0.3) is 11.3 Å². The number of carbonyl (C=O) groups excluding carboxylic acids is 1. The van der Waals surface area contributed by atoms with Crippen molar-refractivity contribution in [2.75, 3.05) is 5.32 Å². The van der Waals surface area contributed by atoms with E-state index in [1.165, 1.54) is 17.4 Å².